The van der Waals surface area contributed by atoms with E-state index in [1.54, 1.807) is 23.9 Å². The predicted octanol–water partition coefficient (Wildman–Crippen LogP) is 3.17. The summed E-state index contributed by atoms with van der Waals surface area (Å²) in [5.74, 6) is -0.699. The standard InChI is InChI=1S/C28H32N6O3/c1-33(2)16-8-14-29-27(36)24-17-19(18-34(24)3)31-25(35)13-15-30-28(37)26-20-9-4-6-11-22(20)32-23-12-7-5-10-21(23)26/h4-7,9-12,17-18H,8,13-16H2,1-3H3,(H,29,36)(H,30,37)(H,31,35). The summed E-state index contributed by atoms with van der Waals surface area (Å²) < 4.78 is 1.68. The quantitative estimate of drug-likeness (QED) is 0.229. The van der Waals surface area contributed by atoms with Crippen LogP contribution in [0, 0.1) is 0 Å². The molecule has 0 atom stereocenters. The minimum atomic E-state index is -0.256. The van der Waals surface area contributed by atoms with Crippen LogP contribution in [0.3, 0.4) is 0 Å². The Morgan fingerprint density at radius 3 is 2.16 bits per heavy atom. The molecule has 0 aliphatic rings. The summed E-state index contributed by atoms with van der Waals surface area (Å²) in [5, 5.41) is 10.1. The van der Waals surface area contributed by atoms with Crippen LogP contribution >= 0.6 is 0 Å². The number of carbonyl (C=O) groups excluding carboxylic acids is 3. The minimum absolute atomic E-state index is 0.0909. The van der Waals surface area contributed by atoms with Gasteiger partial charge in [-0.3, -0.25) is 14.4 Å². The van der Waals surface area contributed by atoms with E-state index in [4.69, 9.17) is 0 Å². The van der Waals surface area contributed by atoms with Crippen molar-refractivity contribution in [1.82, 2.24) is 25.1 Å². The maximum absolute atomic E-state index is 13.2. The van der Waals surface area contributed by atoms with E-state index in [0.29, 0.717) is 23.5 Å². The number of anilines is 1. The van der Waals surface area contributed by atoms with Crippen molar-refractivity contribution in [2.24, 2.45) is 7.05 Å². The van der Waals surface area contributed by atoms with E-state index >= 15 is 0 Å². The normalized spacial score (nSPS) is 11.1. The first-order valence-corrected chi connectivity index (χ1v) is 12.3. The van der Waals surface area contributed by atoms with Crippen LogP contribution in [0.1, 0.15) is 33.7 Å². The Labute approximate surface area is 215 Å². The second-order valence-corrected chi connectivity index (χ2v) is 9.21. The lowest BCUT2D eigenvalue weighted by Gasteiger charge is -2.11. The summed E-state index contributed by atoms with van der Waals surface area (Å²) in [7, 11) is 5.74. The van der Waals surface area contributed by atoms with Crippen LogP contribution < -0.4 is 16.0 Å². The zero-order valence-corrected chi connectivity index (χ0v) is 21.4. The van der Waals surface area contributed by atoms with Gasteiger partial charge in [0.25, 0.3) is 11.8 Å². The predicted molar refractivity (Wildman–Crippen MR) is 146 cm³/mol. The van der Waals surface area contributed by atoms with Crippen LogP contribution in [0.4, 0.5) is 5.69 Å². The summed E-state index contributed by atoms with van der Waals surface area (Å²) in [6.07, 6.45) is 2.64. The fourth-order valence-corrected chi connectivity index (χ4v) is 4.23. The number of carbonyl (C=O) groups is 3. The molecule has 0 radical (unpaired) electrons. The Morgan fingerprint density at radius 2 is 1.51 bits per heavy atom. The van der Waals surface area contributed by atoms with Gasteiger partial charge in [-0.25, -0.2) is 4.98 Å². The molecule has 0 aliphatic heterocycles. The fraction of sp³-hybridized carbons (Fsp3) is 0.286. The number of benzene rings is 2. The molecule has 0 saturated carbocycles. The molecule has 0 aliphatic carbocycles. The van der Waals surface area contributed by atoms with Gasteiger partial charge in [0.05, 0.1) is 22.3 Å². The first-order chi connectivity index (χ1) is 17.8. The molecule has 0 unspecified atom stereocenters. The molecule has 37 heavy (non-hydrogen) atoms. The molecule has 9 heteroatoms. The van der Waals surface area contributed by atoms with Crippen molar-refractivity contribution in [2.75, 3.05) is 39.0 Å². The number of rotatable bonds is 10. The van der Waals surface area contributed by atoms with Crippen molar-refractivity contribution in [3.63, 3.8) is 0 Å². The van der Waals surface area contributed by atoms with Crippen molar-refractivity contribution >= 4 is 45.2 Å². The van der Waals surface area contributed by atoms with Crippen molar-refractivity contribution in [2.45, 2.75) is 12.8 Å². The minimum Gasteiger partial charge on any atom is -0.351 e. The Balaban J connectivity index is 1.34. The number of aromatic nitrogens is 2. The molecule has 2 heterocycles. The number of amides is 3. The van der Waals surface area contributed by atoms with Gasteiger partial charge in [-0.2, -0.15) is 0 Å². The van der Waals surface area contributed by atoms with Gasteiger partial charge in [0.15, 0.2) is 0 Å². The molecule has 4 rings (SSSR count). The number of hydrogen-bond donors (Lipinski definition) is 3. The van der Waals surface area contributed by atoms with Crippen LogP contribution in [0.15, 0.2) is 60.8 Å². The first-order valence-electron chi connectivity index (χ1n) is 12.3. The Morgan fingerprint density at radius 1 is 0.892 bits per heavy atom. The molecule has 0 spiro atoms. The zero-order chi connectivity index (χ0) is 26.4. The Hall–Kier alpha value is -4.24. The van der Waals surface area contributed by atoms with Crippen LogP contribution in [0.5, 0.6) is 0 Å². The summed E-state index contributed by atoms with van der Waals surface area (Å²) in [6.45, 7) is 1.63. The average molecular weight is 501 g/mol. The van der Waals surface area contributed by atoms with Gasteiger partial charge in [0, 0.05) is 43.5 Å². The molecule has 9 nitrogen and oxygen atoms in total. The molecular weight excluding hydrogens is 468 g/mol. The zero-order valence-electron chi connectivity index (χ0n) is 21.4. The molecule has 3 N–H and O–H groups in total. The van der Waals surface area contributed by atoms with Gasteiger partial charge in [0.1, 0.15) is 5.69 Å². The Bertz CT molecular complexity index is 1390. The SMILES string of the molecule is CN(C)CCCNC(=O)c1cc(NC(=O)CCNC(=O)c2c3ccccc3nc3ccccc23)cn1C. The molecule has 3 amide bonds. The monoisotopic (exact) mass is 500 g/mol. The van der Waals surface area contributed by atoms with E-state index in [1.807, 2.05) is 62.6 Å². The van der Waals surface area contributed by atoms with E-state index in [9.17, 15) is 14.4 Å². The maximum atomic E-state index is 13.2. The highest BCUT2D eigenvalue weighted by Crippen LogP contribution is 2.25. The average Bonchev–Trinajstić information content (AvgIpc) is 3.24. The number of pyridine rings is 1. The third-order valence-corrected chi connectivity index (χ3v) is 6.04. The van der Waals surface area contributed by atoms with E-state index in [-0.39, 0.29) is 30.7 Å². The number of aryl methyl sites for hydroxylation is 1. The van der Waals surface area contributed by atoms with Gasteiger partial charge >= 0.3 is 0 Å². The number of nitrogens with one attached hydrogen (secondary N) is 3. The summed E-state index contributed by atoms with van der Waals surface area (Å²) in [5.41, 5.74) is 3.02. The molecule has 2 aromatic carbocycles. The van der Waals surface area contributed by atoms with Crippen LogP contribution in [-0.4, -0.2) is 65.9 Å². The highest BCUT2D eigenvalue weighted by Gasteiger charge is 2.17. The number of para-hydroxylation sites is 2. The second kappa shape index (κ2) is 11.7. The third-order valence-electron chi connectivity index (χ3n) is 6.04. The Kier molecular flexibility index (Phi) is 8.15. The molecule has 0 saturated heterocycles. The van der Waals surface area contributed by atoms with Crippen molar-refractivity contribution < 1.29 is 14.4 Å². The molecule has 2 aromatic heterocycles. The first kappa shape index (κ1) is 25.8. The van der Waals surface area contributed by atoms with Gasteiger partial charge in [-0.15, -0.1) is 0 Å². The summed E-state index contributed by atoms with van der Waals surface area (Å²) in [6, 6.07) is 16.7. The lowest BCUT2D eigenvalue weighted by atomic mass is 10.0. The maximum Gasteiger partial charge on any atom is 0.267 e. The van der Waals surface area contributed by atoms with Crippen LogP contribution in [-0.2, 0) is 11.8 Å². The molecule has 4 aromatic rings. The van der Waals surface area contributed by atoms with Gasteiger partial charge in [-0.05, 0) is 45.3 Å². The van der Waals surface area contributed by atoms with E-state index in [2.05, 4.69) is 25.8 Å². The molecule has 192 valence electrons. The van der Waals surface area contributed by atoms with Gasteiger partial charge in [-0.1, -0.05) is 36.4 Å². The fourth-order valence-electron chi connectivity index (χ4n) is 4.23. The third kappa shape index (κ3) is 6.31. The summed E-state index contributed by atoms with van der Waals surface area (Å²) >= 11 is 0. The smallest absolute Gasteiger partial charge is 0.267 e. The van der Waals surface area contributed by atoms with E-state index in [0.717, 1.165) is 34.8 Å². The topological polar surface area (TPSA) is 108 Å². The van der Waals surface area contributed by atoms with E-state index < -0.39 is 0 Å². The lowest BCUT2D eigenvalue weighted by molar-refractivity contribution is -0.116. The van der Waals surface area contributed by atoms with Crippen molar-refractivity contribution in [1.29, 1.82) is 0 Å². The number of hydrogen-bond acceptors (Lipinski definition) is 5. The van der Waals surface area contributed by atoms with E-state index in [1.165, 1.54) is 0 Å². The largest absolute Gasteiger partial charge is 0.351 e. The molecule has 0 bridgehead atoms. The van der Waals surface area contributed by atoms with Crippen LogP contribution in [0.2, 0.25) is 0 Å². The lowest BCUT2D eigenvalue weighted by Crippen LogP contribution is -2.28. The highest BCUT2D eigenvalue weighted by atomic mass is 16.2. The highest BCUT2D eigenvalue weighted by molar-refractivity contribution is 6.16. The van der Waals surface area contributed by atoms with Crippen molar-refractivity contribution in [3.05, 3.63) is 72.1 Å². The van der Waals surface area contributed by atoms with Gasteiger partial charge < -0.3 is 25.4 Å². The second-order valence-electron chi connectivity index (χ2n) is 9.21. The summed E-state index contributed by atoms with van der Waals surface area (Å²) in [4.78, 5) is 44.9. The number of nitrogens with zero attached hydrogens (tertiary/aromatic N) is 3. The van der Waals surface area contributed by atoms with Crippen LogP contribution in [0.25, 0.3) is 21.8 Å². The molecule has 0 fully saturated rings. The van der Waals surface area contributed by atoms with Gasteiger partial charge in [0.2, 0.25) is 5.91 Å². The van der Waals surface area contributed by atoms with Crippen molar-refractivity contribution in [3.8, 4) is 0 Å². The molecular formula is C28H32N6O3. The number of fused-ring (bicyclic) bond motifs is 2.